The van der Waals surface area contributed by atoms with Crippen LogP contribution in [0, 0.1) is 0 Å². The van der Waals surface area contributed by atoms with Gasteiger partial charge in [0.05, 0.1) is 33.8 Å². The predicted molar refractivity (Wildman–Crippen MR) is 93.9 cm³/mol. The zero-order valence-corrected chi connectivity index (χ0v) is 15.1. The third kappa shape index (κ3) is 7.30. The second-order valence-corrected chi connectivity index (χ2v) is 6.12. The summed E-state index contributed by atoms with van der Waals surface area (Å²) in [5.74, 6) is 0.337. The second kappa shape index (κ2) is 10.6. The molecule has 0 aliphatic rings. The Morgan fingerprint density at radius 2 is 1.83 bits per heavy atom. The van der Waals surface area contributed by atoms with Crippen molar-refractivity contribution in [3.8, 4) is 5.75 Å². The Kier molecular flexibility index (Phi) is 9.16. The highest BCUT2D eigenvalue weighted by molar-refractivity contribution is 8.00. The Balaban J connectivity index is 2.62. The Morgan fingerprint density at radius 3 is 2.48 bits per heavy atom. The molecule has 1 rings (SSSR count). The number of thioether (sulfide) groups is 1. The Labute approximate surface area is 149 Å². The summed E-state index contributed by atoms with van der Waals surface area (Å²) in [6.45, 7) is 0.740. The lowest BCUT2D eigenvalue weighted by Gasteiger charge is -2.12. The number of anilines is 1. The summed E-state index contributed by atoms with van der Waals surface area (Å²) < 4.78 is 10.4. The second-order valence-electron chi connectivity index (χ2n) is 4.32. The van der Waals surface area contributed by atoms with E-state index >= 15 is 0 Å². The maximum atomic E-state index is 11.9. The number of rotatable bonds is 9. The van der Waals surface area contributed by atoms with Crippen molar-refractivity contribution >= 4 is 52.5 Å². The van der Waals surface area contributed by atoms with Gasteiger partial charge in [0.25, 0.3) is 0 Å². The van der Waals surface area contributed by atoms with Crippen LogP contribution in [0.5, 0.6) is 5.75 Å². The SMILES string of the molecule is CNC(=O)CSCC(=O)Nc1cc(OCCOC)c(Cl)cc1Cl. The van der Waals surface area contributed by atoms with Crippen LogP contribution in [0.1, 0.15) is 0 Å². The molecule has 6 nitrogen and oxygen atoms in total. The number of carbonyl (C=O) groups is 2. The van der Waals surface area contributed by atoms with Gasteiger partial charge < -0.3 is 20.1 Å². The number of benzene rings is 1. The summed E-state index contributed by atoms with van der Waals surface area (Å²) in [7, 11) is 3.11. The van der Waals surface area contributed by atoms with Crippen molar-refractivity contribution < 1.29 is 19.1 Å². The van der Waals surface area contributed by atoms with Gasteiger partial charge in [0, 0.05) is 20.2 Å². The van der Waals surface area contributed by atoms with E-state index in [0.717, 1.165) is 0 Å². The van der Waals surface area contributed by atoms with Gasteiger partial charge >= 0.3 is 0 Å². The molecule has 0 aromatic heterocycles. The smallest absolute Gasteiger partial charge is 0.234 e. The molecule has 2 N–H and O–H groups in total. The van der Waals surface area contributed by atoms with Crippen LogP contribution in [-0.4, -0.2) is 50.7 Å². The number of halogens is 2. The van der Waals surface area contributed by atoms with E-state index in [4.69, 9.17) is 32.7 Å². The summed E-state index contributed by atoms with van der Waals surface area (Å²) in [4.78, 5) is 23.0. The van der Waals surface area contributed by atoms with Gasteiger partial charge in [-0.1, -0.05) is 23.2 Å². The summed E-state index contributed by atoms with van der Waals surface area (Å²) >= 11 is 13.3. The minimum atomic E-state index is -0.272. The van der Waals surface area contributed by atoms with Crippen LogP contribution in [0.4, 0.5) is 5.69 Å². The summed E-state index contributed by atoms with van der Waals surface area (Å²) in [5, 5.41) is 5.80. The third-order valence-corrected chi connectivity index (χ3v) is 4.13. The van der Waals surface area contributed by atoms with Crippen LogP contribution in [0.3, 0.4) is 0 Å². The molecule has 0 fully saturated rings. The summed E-state index contributed by atoms with van der Waals surface area (Å²) in [5.41, 5.74) is 0.397. The van der Waals surface area contributed by atoms with Crippen LogP contribution in [-0.2, 0) is 14.3 Å². The minimum Gasteiger partial charge on any atom is -0.490 e. The topological polar surface area (TPSA) is 76.7 Å². The van der Waals surface area contributed by atoms with Gasteiger partial charge in [-0.05, 0) is 6.07 Å². The molecule has 0 atom stereocenters. The minimum absolute atomic E-state index is 0.131. The molecule has 9 heteroatoms. The molecule has 2 amide bonds. The molecule has 1 aromatic rings. The first-order valence-electron chi connectivity index (χ1n) is 6.67. The summed E-state index contributed by atoms with van der Waals surface area (Å²) in [6, 6.07) is 3.06. The number of ether oxygens (including phenoxy) is 2. The van der Waals surface area contributed by atoms with E-state index < -0.39 is 0 Å². The van der Waals surface area contributed by atoms with Crippen LogP contribution in [0.25, 0.3) is 0 Å². The van der Waals surface area contributed by atoms with Crippen LogP contribution < -0.4 is 15.4 Å². The van der Waals surface area contributed by atoms with E-state index in [1.807, 2.05) is 0 Å². The van der Waals surface area contributed by atoms with Crippen LogP contribution in [0.15, 0.2) is 12.1 Å². The van der Waals surface area contributed by atoms with Crippen LogP contribution >= 0.6 is 35.0 Å². The van der Waals surface area contributed by atoms with Crippen molar-refractivity contribution in [2.24, 2.45) is 0 Å². The van der Waals surface area contributed by atoms with Gasteiger partial charge in [0.15, 0.2) is 0 Å². The highest BCUT2D eigenvalue weighted by Crippen LogP contribution is 2.34. The van der Waals surface area contributed by atoms with E-state index in [9.17, 15) is 9.59 Å². The number of nitrogens with one attached hydrogen (secondary N) is 2. The molecule has 0 heterocycles. The first-order chi connectivity index (χ1) is 11.0. The van der Waals surface area contributed by atoms with Gasteiger partial charge in [-0.25, -0.2) is 0 Å². The molecule has 23 heavy (non-hydrogen) atoms. The quantitative estimate of drug-likeness (QED) is 0.643. The van der Waals surface area contributed by atoms with Crippen molar-refractivity contribution in [2.75, 3.05) is 44.2 Å². The molecule has 0 saturated heterocycles. The number of carbonyl (C=O) groups excluding carboxylic acids is 2. The number of methoxy groups -OCH3 is 1. The molecule has 0 aliphatic heterocycles. The molecule has 128 valence electrons. The van der Waals surface area contributed by atoms with Crippen molar-refractivity contribution in [1.29, 1.82) is 0 Å². The van der Waals surface area contributed by atoms with Gasteiger partial charge in [-0.2, -0.15) is 0 Å². The number of amides is 2. The highest BCUT2D eigenvalue weighted by Gasteiger charge is 2.12. The molecule has 0 spiro atoms. The van der Waals surface area contributed by atoms with Crippen molar-refractivity contribution in [2.45, 2.75) is 0 Å². The average molecular weight is 381 g/mol. The normalized spacial score (nSPS) is 10.3. The molecule has 0 radical (unpaired) electrons. The van der Waals surface area contributed by atoms with E-state index in [1.54, 1.807) is 20.2 Å². The first kappa shape index (κ1) is 19.9. The fraction of sp³-hybridized carbons (Fsp3) is 0.429. The maximum Gasteiger partial charge on any atom is 0.234 e. The van der Waals surface area contributed by atoms with Crippen molar-refractivity contribution in [1.82, 2.24) is 5.32 Å². The Morgan fingerprint density at radius 1 is 1.13 bits per heavy atom. The highest BCUT2D eigenvalue weighted by atomic mass is 35.5. The molecule has 0 saturated carbocycles. The lowest BCUT2D eigenvalue weighted by atomic mass is 10.3. The lowest BCUT2D eigenvalue weighted by molar-refractivity contribution is -0.118. The van der Waals surface area contributed by atoms with Gasteiger partial charge in [-0.15, -0.1) is 11.8 Å². The first-order valence-corrected chi connectivity index (χ1v) is 8.58. The number of hydrogen-bond acceptors (Lipinski definition) is 5. The van der Waals surface area contributed by atoms with E-state index in [1.165, 1.54) is 17.8 Å². The van der Waals surface area contributed by atoms with Crippen LogP contribution in [0.2, 0.25) is 10.0 Å². The van der Waals surface area contributed by atoms with E-state index in [2.05, 4.69) is 10.6 Å². The maximum absolute atomic E-state index is 11.9. The zero-order valence-electron chi connectivity index (χ0n) is 12.8. The monoisotopic (exact) mass is 380 g/mol. The van der Waals surface area contributed by atoms with E-state index in [0.29, 0.717) is 34.7 Å². The van der Waals surface area contributed by atoms with Gasteiger partial charge in [0.1, 0.15) is 12.4 Å². The van der Waals surface area contributed by atoms with E-state index in [-0.39, 0.29) is 23.3 Å². The summed E-state index contributed by atoms with van der Waals surface area (Å²) in [6.07, 6.45) is 0. The molecule has 0 aliphatic carbocycles. The van der Waals surface area contributed by atoms with Crippen molar-refractivity contribution in [3.05, 3.63) is 22.2 Å². The standard InChI is InChI=1S/C14H18Cl2N2O4S/c1-17-13(19)7-23-8-14(20)18-11-6-12(22-4-3-21-2)10(16)5-9(11)15/h5-6H,3-4,7-8H2,1-2H3,(H,17,19)(H,18,20). The fourth-order valence-electron chi connectivity index (χ4n) is 1.47. The van der Waals surface area contributed by atoms with Crippen molar-refractivity contribution in [3.63, 3.8) is 0 Å². The largest absolute Gasteiger partial charge is 0.490 e. The zero-order chi connectivity index (χ0) is 17.2. The molecule has 0 unspecified atom stereocenters. The fourth-order valence-corrected chi connectivity index (χ4v) is 2.64. The number of hydrogen-bond donors (Lipinski definition) is 2. The molecule has 1 aromatic carbocycles. The Hall–Kier alpha value is -1.15. The predicted octanol–water partition coefficient (Wildman–Crippen LogP) is 2.44. The lowest BCUT2D eigenvalue weighted by Crippen LogP contribution is -2.22. The molecular weight excluding hydrogens is 363 g/mol. The van der Waals surface area contributed by atoms with Gasteiger partial charge in [-0.3, -0.25) is 9.59 Å². The van der Waals surface area contributed by atoms with Gasteiger partial charge in [0.2, 0.25) is 11.8 Å². The third-order valence-electron chi connectivity index (χ3n) is 2.59. The Bertz CT molecular complexity index is 558. The molecular formula is C14H18Cl2N2O4S. The average Bonchev–Trinajstić information content (AvgIpc) is 2.51. The molecule has 0 bridgehead atoms.